The summed E-state index contributed by atoms with van der Waals surface area (Å²) in [5, 5.41) is 7.61. The number of halogens is 2. The lowest BCUT2D eigenvalue weighted by atomic mass is 9.81. The van der Waals surface area contributed by atoms with E-state index in [-0.39, 0.29) is 0 Å². The van der Waals surface area contributed by atoms with Crippen molar-refractivity contribution in [3.8, 4) is 22.3 Å². The van der Waals surface area contributed by atoms with Crippen molar-refractivity contribution >= 4 is 64.2 Å². The molecule has 0 aliphatic carbocycles. The van der Waals surface area contributed by atoms with Crippen LogP contribution in [0.2, 0.25) is 0 Å². The van der Waals surface area contributed by atoms with E-state index in [1.807, 2.05) is 0 Å². The third-order valence-electron chi connectivity index (χ3n) is 10.8. The zero-order chi connectivity index (χ0) is 36.3. The summed E-state index contributed by atoms with van der Waals surface area (Å²) >= 11 is 8.08. The summed E-state index contributed by atoms with van der Waals surface area (Å²) in [5.41, 5.74) is 14.1. The van der Waals surface area contributed by atoms with E-state index in [4.69, 9.17) is 0 Å². The molecule has 0 unspecified atom stereocenters. The number of fused-ring (bicyclic) bond motifs is 5. The van der Waals surface area contributed by atoms with Crippen LogP contribution in [0.15, 0.2) is 81.7 Å². The summed E-state index contributed by atoms with van der Waals surface area (Å²) in [6, 6.07) is 28.8. The number of hydrogen-bond donors (Lipinski definition) is 0. The molecule has 0 atom stereocenters. The predicted molar refractivity (Wildman–Crippen MR) is 230 cm³/mol. The minimum Gasteiger partial charge on any atom is -0.0587 e. The first-order valence-electron chi connectivity index (χ1n) is 18.7. The van der Waals surface area contributed by atoms with Crippen molar-refractivity contribution in [1.82, 2.24) is 0 Å². The van der Waals surface area contributed by atoms with Crippen LogP contribution < -0.4 is 0 Å². The number of rotatable bonds is 8. The smallest absolute Gasteiger partial charge is 0.0260 e. The summed E-state index contributed by atoms with van der Waals surface area (Å²) in [5.74, 6) is 2.68. The second-order valence-electron chi connectivity index (χ2n) is 16.4. The summed E-state index contributed by atoms with van der Waals surface area (Å²) in [7, 11) is 0. The SMILES string of the molecule is CC(C)c1cc(C(C)C)c(-c2ccc3c(Br)cc4c5cc(-c6c(C(C)C)cc(C(C)C)cc6C(C)C)ccc5c(Br)cc4c3c2)c(C(C)C)c1. The van der Waals surface area contributed by atoms with Crippen molar-refractivity contribution < 1.29 is 0 Å². The van der Waals surface area contributed by atoms with E-state index in [1.165, 1.54) is 88.0 Å². The maximum atomic E-state index is 4.04. The van der Waals surface area contributed by atoms with Crippen LogP contribution in [0.25, 0.3) is 54.6 Å². The average Bonchev–Trinajstić information content (AvgIpc) is 3.07. The average molecular weight is 791 g/mol. The fraction of sp³-hybridized carbons (Fsp3) is 0.375. The van der Waals surface area contributed by atoms with Gasteiger partial charge in [-0.05, 0) is 148 Å². The van der Waals surface area contributed by atoms with Crippen LogP contribution in [-0.4, -0.2) is 0 Å². The molecule has 260 valence electrons. The fourth-order valence-electron chi connectivity index (χ4n) is 7.85. The Morgan fingerprint density at radius 1 is 0.320 bits per heavy atom. The molecule has 50 heavy (non-hydrogen) atoms. The van der Waals surface area contributed by atoms with E-state index in [0.717, 1.165) is 8.95 Å². The monoisotopic (exact) mass is 788 g/mol. The molecule has 0 N–H and O–H groups in total. The first-order chi connectivity index (χ1) is 23.6. The lowest BCUT2D eigenvalue weighted by Crippen LogP contribution is -2.04. The lowest BCUT2D eigenvalue weighted by Gasteiger charge is -2.24. The molecule has 6 aromatic carbocycles. The first kappa shape index (κ1) is 36.8. The van der Waals surface area contributed by atoms with E-state index in [2.05, 4.69) is 188 Å². The highest BCUT2D eigenvalue weighted by atomic mass is 79.9. The van der Waals surface area contributed by atoms with Crippen LogP contribution in [0.4, 0.5) is 0 Å². The molecule has 0 radical (unpaired) electrons. The molecule has 0 aliphatic rings. The van der Waals surface area contributed by atoms with E-state index < -0.39 is 0 Å². The van der Waals surface area contributed by atoms with Gasteiger partial charge in [-0.1, -0.05) is 163 Å². The van der Waals surface area contributed by atoms with Crippen LogP contribution in [0.1, 0.15) is 152 Å². The van der Waals surface area contributed by atoms with Crippen LogP contribution in [0, 0.1) is 0 Å². The molecule has 0 amide bonds. The molecule has 6 aromatic rings. The van der Waals surface area contributed by atoms with Gasteiger partial charge in [0.1, 0.15) is 0 Å². The molecule has 2 heteroatoms. The van der Waals surface area contributed by atoms with Gasteiger partial charge < -0.3 is 0 Å². The molecule has 0 spiro atoms. The zero-order valence-electron chi connectivity index (χ0n) is 32.1. The van der Waals surface area contributed by atoms with Gasteiger partial charge in [0, 0.05) is 8.95 Å². The Hall–Kier alpha value is -2.94. The third-order valence-corrected chi connectivity index (χ3v) is 12.1. The Kier molecular flexibility index (Phi) is 10.5. The zero-order valence-corrected chi connectivity index (χ0v) is 35.3. The van der Waals surface area contributed by atoms with Gasteiger partial charge in [0.25, 0.3) is 0 Å². The van der Waals surface area contributed by atoms with Gasteiger partial charge in [-0.2, -0.15) is 0 Å². The van der Waals surface area contributed by atoms with E-state index in [9.17, 15) is 0 Å². The predicted octanol–water partition coefficient (Wildman–Crippen LogP) is 16.7. The summed E-state index contributed by atoms with van der Waals surface area (Å²) < 4.78 is 2.27. The minimum absolute atomic E-state index is 0.425. The maximum Gasteiger partial charge on any atom is 0.0260 e. The maximum absolute atomic E-state index is 4.04. The Morgan fingerprint density at radius 2 is 0.600 bits per heavy atom. The molecule has 0 fully saturated rings. The van der Waals surface area contributed by atoms with Crippen molar-refractivity contribution in [2.24, 2.45) is 0 Å². The van der Waals surface area contributed by atoms with Crippen molar-refractivity contribution in [2.45, 2.75) is 119 Å². The molecule has 0 bridgehead atoms. The van der Waals surface area contributed by atoms with Crippen molar-refractivity contribution in [3.63, 3.8) is 0 Å². The van der Waals surface area contributed by atoms with Crippen LogP contribution >= 0.6 is 31.9 Å². The number of benzene rings is 6. The quantitative estimate of drug-likeness (QED) is 0.135. The van der Waals surface area contributed by atoms with Crippen LogP contribution in [0.5, 0.6) is 0 Å². The molecular formula is C48H54Br2. The normalized spacial score (nSPS) is 12.5. The third kappa shape index (κ3) is 6.61. The molecule has 0 saturated carbocycles. The van der Waals surface area contributed by atoms with Gasteiger partial charge in [-0.3, -0.25) is 0 Å². The van der Waals surface area contributed by atoms with Crippen LogP contribution in [0.3, 0.4) is 0 Å². The first-order valence-corrected chi connectivity index (χ1v) is 20.3. The summed E-state index contributed by atoms with van der Waals surface area (Å²) in [6.07, 6.45) is 0. The van der Waals surface area contributed by atoms with Crippen LogP contribution in [-0.2, 0) is 0 Å². The van der Waals surface area contributed by atoms with Gasteiger partial charge in [-0.25, -0.2) is 0 Å². The number of hydrogen-bond acceptors (Lipinski definition) is 0. The lowest BCUT2D eigenvalue weighted by molar-refractivity contribution is 0.807. The van der Waals surface area contributed by atoms with E-state index in [0.29, 0.717) is 35.5 Å². The second kappa shape index (κ2) is 14.2. The topological polar surface area (TPSA) is 0 Å². The van der Waals surface area contributed by atoms with Crippen molar-refractivity contribution in [1.29, 1.82) is 0 Å². The minimum atomic E-state index is 0.425. The van der Waals surface area contributed by atoms with Gasteiger partial charge in [0.05, 0.1) is 0 Å². The fourth-order valence-corrected chi connectivity index (χ4v) is 9.00. The van der Waals surface area contributed by atoms with Crippen molar-refractivity contribution in [3.05, 3.63) is 115 Å². The Labute approximate surface area is 318 Å². The van der Waals surface area contributed by atoms with E-state index in [1.54, 1.807) is 0 Å². The Balaban J connectivity index is 1.68. The highest BCUT2D eigenvalue weighted by Gasteiger charge is 2.22. The van der Waals surface area contributed by atoms with Gasteiger partial charge >= 0.3 is 0 Å². The molecule has 0 saturated heterocycles. The van der Waals surface area contributed by atoms with Crippen molar-refractivity contribution in [2.75, 3.05) is 0 Å². The van der Waals surface area contributed by atoms with Gasteiger partial charge in [0.2, 0.25) is 0 Å². The highest BCUT2D eigenvalue weighted by Crippen LogP contribution is 2.46. The molecule has 0 aliphatic heterocycles. The molecule has 0 nitrogen and oxygen atoms in total. The molecular weight excluding hydrogens is 736 g/mol. The Morgan fingerprint density at radius 3 is 0.860 bits per heavy atom. The second-order valence-corrected chi connectivity index (χ2v) is 18.1. The van der Waals surface area contributed by atoms with E-state index >= 15 is 0 Å². The largest absolute Gasteiger partial charge is 0.0587 e. The highest BCUT2D eigenvalue weighted by molar-refractivity contribution is 9.11. The Bertz CT molecular complexity index is 2030. The standard InChI is InChI=1S/C48H54Br2/c1-25(2)33-19-37(27(5)6)47(38(20-33)28(7)8)31-13-15-35-41(17-31)43-23-46(50)36-16-14-32(18-42(36)44(43)24-45(35)49)48-39(29(9)10)21-34(26(3)4)22-40(48)30(11)12/h13-30H,1-12H3. The molecule has 6 rings (SSSR count). The molecule has 0 heterocycles. The summed E-state index contributed by atoms with van der Waals surface area (Å²) in [6.45, 7) is 28.0. The van der Waals surface area contributed by atoms with Gasteiger partial charge in [0.15, 0.2) is 0 Å². The molecule has 0 aromatic heterocycles. The summed E-state index contributed by atoms with van der Waals surface area (Å²) in [4.78, 5) is 0. The van der Waals surface area contributed by atoms with Gasteiger partial charge in [-0.15, -0.1) is 0 Å².